The lowest BCUT2D eigenvalue weighted by Gasteiger charge is -2.17. The third kappa shape index (κ3) is 2.46. The first kappa shape index (κ1) is 12.8. The van der Waals surface area contributed by atoms with Crippen molar-refractivity contribution in [3.05, 3.63) is 29.7 Å². The highest BCUT2D eigenvalue weighted by atomic mass is 32.1. The summed E-state index contributed by atoms with van der Waals surface area (Å²) in [6.07, 6.45) is 2.52. The Labute approximate surface area is 111 Å². The fourth-order valence-electron chi connectivity index (χ4n) is 1.96. The van der Waals surface area contributed by atoms with E-state index in [0.717, 1.165) is 23.8 Å². The number of nitrogens with zero attached hydrogens (tertiary/aromatic N) is 3. The zero-order valence-corrected chi connectivity index (χ0v) is 11.5. The topological polar surface area (TPSA) is 35.9 Å². The molecule has 1 aliphatic rings. The largest absolute Gasteiger partial charge is 0.295 e. The molecule has 0 radical (unpaired) electrons. The minimum absolute atomic E-state index is 0.0124. The summed E-state index contributed by atoms with van der Waals surface area (Å²) in [4.78, 5) is 13.2. The summed E-state index contributed by atoms with van der Waals surface area (Å²) in [6.45, 7) is 8.66. The Morgan fingerprint density at radius 3 is 3.06 bits per heavy atom. The normalized spacial score (nSPS) is 14.6. The molecule has 4 nitrogen and oxygen atoms in total. The van der Waals surface area contributed by atoms with E-state index in [9.17, 15) is 4.79 Å². The molecule has 0 spiro atoms. The molecule has 0 atom stereocenters. The van der Waals surface area contributed by atoms with Crippen LogP contribution in [0.1, 0.15) is 18.9 Å². The Morgan fingerprint density at radius 2 is 2.50 bits per heavy atom. The van der Waals surface area contributed by atoms with Crippen molar-refractivity contribution in [1.82, 2.24) is 4.90 Å². The lowest BCUT2D eigenvalue weighted by Crippen LogP contribution is -2.34. The van der Waals surface area contributed by atoms with E-state index < -0.39 is 0 Å². The summed E-state index contributed by atoms with van der Waals surface area (Å²) < 4.78 is 0. The van der Waals surface area contributed by atoms with Crippen molar-refractivity contribution >= 4 is 28.1 Å². The number of hydrogen-bond acceptors (Lipinski definition) is 4. The van der Waals surface area contributed by atoms with Crippen molar-refractivity contribution in [2.45, 2.75) is 20.3 Å². The molecule has 0 saturated heterocycles. The summed E-state index contributed by atoms with van der Waals surface area (Å²) in [5.74, 6) is 0.841. The van der Waals surface area contributed by atoms with Crippen LogP contribution in [0, 0.1) is 6.92 Å². The van der Waals surface area contributed by atoms with Gasteiger partial charge in [0.15, 0.2) is 0 Å². The van der Waals surface area contributed by atoms with Crippen LogP contribution >= 0.6 is 11.3 Å². The van der Waals surface area contributed by atoms with Gasteiger partial charge >= 0.3 is 0 Å². The number of anilines is 1. The molecule has 0 fully saturated rings. The molecule has 0 aromatic carbocycles. The fraction of sp³-hybridized carbons (Fsp3) is 0.385. The molecule has 5 heteroatoms. The van der Waals surface area contributed by atoms with Crippen LogP contribution in [-0.4, -0.2) is 29.7 Å². The highest BCUT2D eigenvalue weighted by Crippen LogP contribution is 2.29. The number of hydrogen-bond donors (Lipinski definition) is 0. The van der Waals surface area contributed by atoms with Gasteiger partial charge in [-0.05, 0) is 23.9 Å². The number of carbonyl (C=O) groups excluding carboxylic acids is 1. The Balaban J connectivity index is 2.19. The maximum atomic E-state index is 11.6. The van der Waals surface area contributed by atoms with E-state index in [2.05, 4.69) is 30.1 Å². The number of amides is 1. The van der Waals surface area contributed by atoms with Gasteiger partial charge < -0.3 is 0 Å². The van der Waals surface area contributed by atoms with Crippen molar-refractivity contribution in [2.75, 3.05) is 18.1 Å². The maximum Gasteiger partial charge on any atom is 0.225 e. The first-order valence-electron chi connectivity index (χ1n) is 5.91. The van der Waals surface area contributed by atoms with Gasteiger partial charge in [-0.1, -0.05) is 6.08 Å². The molecule has 0 bridgehead atoms. The van der Waals surface area contributed by atoms with Gasteiger partial charge in [0.25, 0.3) is 0 Å². The zero-order valence-electron chi connectivity index (χ0n) is 10.7. The summed E-state index contributed by atoms with van der Waals surface area (Å²) in [6, 6.07) is 2.08. The van der Waals surface area contributed by atoms with Gasteiger partial charge in [0.1, 0.15) is 10.8 Å². The number of rotatable bonds is 3. The predicted octanol–water partition coefficient (Wildman–Crippen LogP) is 2.61. The molecule has 1 aromatic heterocycles. The van der Waals surface area contributed by atoms with Crippen LogP contribution in [0.3, 0.4) is 0 Å². The molecule has 0 aliphatic carbocycles. The van der Waals surface area contributed by atoms with Crippen LogP contribution < -0.4 is 5.01 Å². The molecule has 1 amide bonds. The molecule has 96 valence electrons. The van der Waals surface area contributed by atoms with Crippen molar-refractivity contribution < 1.29 is 4.79 Å². The Bertz CT molecular complexity index is 492. The fourth-order valence-corrected chi connectivity index (χ4v) is 2.86. The number of amidine groups is 1. The van der Waals surface area contributed by atoms with Crippen LogP contribution in [0.25, 0.3) is 0 Å². The molecule has 2 rings (SSSR count). The molecule has 0 saturated carbocycles. The van der Waals surface area contributed by atoms with Gasteiger partial charge in [0.2, 0.25) is 5.91 Å². The molecule has 1 aliphatic heterocycles. The molecule has 18 heavy (non-hydrogen) atoms. The van der Waals surface area contributed by atoms with Crippen LogP contribution in [0.15, 0.2) is 29.2 Å². The van der Waals surface area contributed by atoms with E-state index in [-0.39, 0.29) is 5.91 Å². The second kappa shape index (κ2) is 5.35. The van der Waals surface area contributed by atoms with Crippen LogP contribution in [-0.2, 0) is 4.79 Å². The third-order valence-corrected chi connectivity index (χ3v) is 3.88. The minimum Gasteiger partial charge on any atom is -0.295 e. The lowest BCUT2D eigenvalue weighted by atomic mass is 10.3. The Morgan fingerprint density at radius 1 is 1.72 bits per heavy atom. The van der Waals surface area contributed by atoms with E-state index in [0.29, 0.717) is 6.54 Å². The second-order valence-electron chi connectivity index (χ2n) is 4.22. The lowest BCUT2D eigenvalue weighted by molar-refractivity contribution is -0.124. The van der Waals surface area contributed by atoms with Crippen LogP contribution in [0.5, 0.6) is 0 Å². The summed E-state index contributed by atoms with van der Waals surface area (Å²) in [5.41, 5.74) is 1.23. The number of hydrazone groups is 1. The van der Waals surface area contributed by atoms with Gasteiger partial charge in [-0.25, -0.2) is 0 Å². The smallest absolute Gasteiger partial charge is 0.225 e. The maximum absolute atomic E-state index is 11.6. The molecule has 0 N–H and O–H groups in total. The molecular formula is C13H17N3OS. The molecule has 1 aromatic rings. The third-order valence-electron chi connectivity index (χ3n) is 2.86. The van der Waals surface area contributed by atoms with E-state index in [1.165, 1.54) is 5.56 Å². The van der Waals surface area contributed by atoms with Gasteiger partial charge in [-0.3, -0.25) is 14.7 Å². The number of thiophene rings is 1. The van der Waals surface area contributed by atoms with Gasteiger partial charge in [-0.15, -0.1) is 17.9 Å². The standard InChI is InChI=1S/C13H17N3OS/c1-4-7-15(11(3)17)12-5-8-16(14-12)13-10(2)6-9-18-13/h4,6,9H,1,5,7-8H2,2-3H3. The van der Waals surface area contributed by atoms with E-state index >= 15 is 0 Å². The van der Waals surface area contributed by atoms with Crippen molar-refractivity contribution in [3.63, 3.8) is 0 Å². The predicted molar refractivity (Wildman–Crippen MR) is 76.0 cm³/mol. The highest BCUT2D eigenvalue weighted by Gasteiger charge is 2.23. The summed E-state index contributed by atoms with van der Waals surface area (Å²) in [7, 11) is 0. The Hall–Kier alpha value is -1.62. The molecule has 2 heterocycles. The molecule has 0 unspecified atom stereocenters. The average Bonchev–Trinajstić information content (AvgIpc) is 2.93. The van der Waals surface area contributed by atoms with Crippen LogP contribution in [0.2, 0.25) is 0 Å². The average molecular weight is 263 g/mol. The highest BCUT2D eigenvalue weighted by molar-refractivity contribution is 7.14. The van der Waals surface area contributed by atoms with Crippen molar-refractivity contribution in [2.24, 2.45) is 5.10 Å². The monoisotopic (exact) mass is 263 g/mol. The van der Waals surface area contributed by atoms with E-state index in [1.54, 1.807) is 29.2 Å². The first-order valence-corrected chi connectivity index (χ1v) is 6.79. The SMILES string of the molecule is C=CCN(C(C)=O)C1=NN(c2sccc2C)CC1. The van der Waals surface area contributed by atoms with Crippen molar-refractivity contribution in [1.29, 1.82) is 0 Å². The van der Waals surface area contributed by atoms with Crippen molar-refractivity contribution in [3.8, 4) is 0 Å². The van der Waals surface area contributed by atoms with E-state index in [1.807, 2.05) is 5.01 Å². The van der Waals surface area contributed by atoms with E-state index in [4.69, 9.17) is 0 Å². The minimum atomic E-state index is 0.0124. The number of carbonyl (C=O) groups is 1. The number of aryl methyl sites for hydroxylation is 1. The second-order valence-corrected chi connectivity index (χ2v) is 5.11. The molecular weight excluding hydrogens is 246 g/mol. The zero-order chi connectivity index (χ0) is 13.1. The van der Waals surface area contributed by atoms with Gasteiger partial charge in [-0.2, -0.15) is 5.10 Å². The quantitative estimate of drug-likeness (QED) is 0.786. The summed E-state index contributed by atoms with van der Waals surface area (Å²) >= 11 is 1.68. The summed E-state index contributed by atoms with van der Waals surface area (Å²) in [5, 5.41) is 9.75. The van der Waals surface area contributed by atoms with Gasteiger partial charge in [0, 0.05) is 26.4 Å². The van der Waals surface area contributed by atoms with Crippen LogP contribution in [0.4, 0.5) is 5.00 Å². The first-order chi connectivity index (χ1) is 8.63. The Kier molecular flexibility index (Phi) is 3.81. The van der Waals surface area contributed by atoms with Gasteiger partial charge in [0.05, 0.1) is 0 Å².